The van der Waals surface area contributed by atoms with E-state index in [-0.39, 0.29) is 0 Å². The Morgan fingerprint density at radius 1 is 0.536 bits per heavy atom. The quantitative estimate of drug-likeness (QED) is 0.547. The summed E-state index contributed by atoms with van der Waals surface area (Å²) in [6.07, 6.45) is 0. The zero-order valence-corrected chi connectivity index (χ0v) is 26.2. The molecule has 0 spiro atoms. The van der Waals surface area contributed by atoms with Gasteiger partial charge in [-0.25, -0.2) is 0 Å². The van der Waals surface area contributed by atoms with E-state index in [2.05, 4.69) is 112 Å². The Hall–Kier alpha value is -0.279. The van der Waals surface area contributed by atoms with Gasteiger partial charge in [0.15, 0.2) is 16.5 Å². The first kappa shape index (κ1) is 25.8. The lowest BCUT2D eigenvalue weighted by Crippen LogP contribution is -2.54. The van der Waals surface area contributed by atoms with Gasteiger partial charge in [0.2, 0.25) is 0 Å². The summed E-state index contributed by atoms with van der Waals surface area (Å²) in [6.45, 7) is 28.3. The minimum atomic E-state index is -1.49. The maximum absolute atomic E-state index is 5.31. The zero-order valence-electron chi connectivity index (χ0n) is 20.2. The summed E-state index contributed by atoms with van der Waals surface area (Å²) in [4.78, 5) is 0. The van der Waals surface area contributed by atoms with Gasteiger partial charge < -0.3 is 17.9 Å². The van der Waals surface area contributed by atoms with E-state index in [0.29, 0.717) is 0 Å². The lowest BCUT2D eigenvalue weighted by atomic mass is 10.4. The van der Waals surface area contributed by atoms with Crippen LogP contribution in [-0.2, 0) is 0 Å². The van der Waals surface area contributed by atoms with Crippen LogP contribution in [0.1, 0.15) is 0 Å². The van der Waals surface area contributed by atoms with Gasteiger partial charge in [0.05, 0.1) is 0 Å². The molecule has 0 unspecified atom stereocenters. The molecule has 0 amide bonds. The highest BCUT2D eigenvalue weighted by Gasteiger charge is 2.23. The molecule has 0 bridgehead atoms. The summed E-state index contributed by atoms with van der Waals surface area (Å²) in [5.41, 5.74) is 0. The summed E-state index contributed by atoms with van der Waals surface area (Å²) in [5, 5.41) is 2.78. The van der Waals surface area contributed by atoms with Crippen molar-refractivity contribution < 1.29 is 0 Å². The van der Waals surface area contributed by atoms with E-state index < -0.39 is 50.4 Å². The second-order valence-electron chi connectivity index (χ2n) is 11.6. The smallest absolute Gasteiger partial charge is 0.254 e. The van der Waals surface area contributed by atoms with E-state index in [0.717, 1.165) is 0 Å². The van der Waals surface area contributed by atoms with Crippen LogP contribution in [0.15, 0.2) is 32.9 Å². The number of hydrogen-bond donors (Lipinski definition) is 2. The van der Waals surface area contributed by atoms with Crippen molar-refractivity contribution in [1.29, 1.82) is 0 Å². The molecule has 0 aliphatic heterocycles. The highest BCUT2D eigenvalue weighted by molar-refractivity contribution is 6.89. The first-order valence-corrected chi connectivity index (χ1v) is 27.0. The number of hydrogen-bond acceptors (Lipinski definition) is 2. The summed E-state index contributed by atoms with van der Waals surface area (Å²) < 4.78 is 18.5. The molecule has 1 rings (SSSR count). The molecular formula is C18H42N4Si6. The van der Waals surface area contributed by atoms with Crippen LogP contribution in [0.2, 0.25) is 78.6 Å². The second-order valence-corrected chi connectivity index (χ2v) is 35.6. The number of nitrogens with zero attached hydrogens (tertiary/aromatic N) is 2. The fraction of sp³-hybridized carbons (Fsp3) is 0.667. The first-order valence-electron chi connectivity index (χ1n) is 10.2. The van der Waals surface area contributed by atoms with Crippen molar-refractivity contribution in [3.63, 3.8) is 0 Å². The number of rotatable bonds is 8. The largest absolute Gasteiger partial charge is 0.430 e. The highest BCUT2D eigenvalue weighted by Crippen LogP contribution is 2.05. The second kappa shape index (κ2) is 9.25. The molecule has 0 aromatic heterocycles. The molecule has 2 N–H and O–H groups in total. The minimum absolute atomic E-state index is 1.07. The van der Waals surface area contributed by atoms with Crippen molar-refractivity contribution in [2.75, 3.05) is 0 Å². The minimum Gasteiger partial charge on any atom is -0.430 e. The van der Waals surface area contributed by atoms with Gasteiger partial charge in [0.1, 0.15) is 16.5 Å². The molecule has 0 aliphatic rings. The van der Waals surface area contributed by atoms with E-state index in [1.165, 1.54) is 10.4 Å². The van der Waals surface area contributed by atoms with Gasteiger partial charge in [-0.15, -0.1) is 0 Å². The molecule has 1 aromatic carbocycles. The van der Waals surface area contributed by atoms with Crippen LogP contribution < -0.4 is 19.7 Å². The van der Waals surface area contributed by atoms with Crippen LogP contribution in [0.5, 0.6) is 0 Å². The SMILES string of the molecule is C[Si](C)(C)N=[Si](N[Si](C)(C)C)c1ccc([Si](=N[Si](C)(C)C)N[Si](C)(C)C)cc1. The van der Waals surface area contributed by atoms with Crippen LogP contribution in [0.3, 0.4) is 0 Å². The summed E-state index contributed by atoms with van der Waals surface area (Å²) in [7, 11) is -7.90. The van der Waals surface area contributed by atoms with Crippen LogP contribution in [0.4, 0.5) is 0 Å². The summed E-state index contributed by atoms with van der Waals surface area (Å²) >= 11 is 0. The molecule has 28 heavy (non-hydrogen) atoms. The van der Waals surface area contributed by atoms with Gasteiger partial charge in [-0.1, -0.05) is 103 Å². The molecule has 158 valence electrons. The Balaban J connectivity index is 3.35. The summed E-state index contributed by atoms with van der Waals surface area (Å²) in [5.74, 6) is 0. The normalized spacial score (nSPS) is 14.9. The lowest BCUT2D eigenvalue weighted by molar-refractivity contribution is 1.36. The van der Waals surface area contributed by atoms with Crippen LogP contribution >= 0.6 is 0 Å². The van der Waals surface area contributed by atoms with Gasteiger partial charge >= 0.3 is 0 Å². The Morgan fingerprint density at radius 2 is 0.786 bits per heavy atom. The Labute approximate surface area is 181 Å². The molecule has 1 aromatic rings. The van der Waals surface area contributed by atoms with Crippen molar-refractivity contribution >= 4 is 60.8 Å². The molecule has 0 atom stereocenters. The van der Waals surface area contributed by atoms with Crippen LogP contribution in [0.25, 0.3) is 0 Å². The van der Waals surface area contributed by atoms with Gasteiger partial charge in [-0.05, 0) is 10.4 Å². The lowest BCUT2D eigenvalue weighted by Gasteiger charge is -2.25. The van der Waals surface area contributed by atoms with Crippen molar-refractivity contribution in [1.82, 2.24) is 9.30 Å². The Bertz CT molecular complexity index is 654. The molecule has 0 aliphatic carbocycles. The van der Waals surface area contributed by atoms with Crippen molar-refractivity contribution in [2.24, 2.45) is 8.60 Å². The third kappa shape index (κ3) is 11.0. The predicted molar refractivity (Wildman–Crippen MR) is 142 cm³/mol. The van der Waals surface area contributed by atoms with E-state index in [9.17, 15) is 0 Å². The average molecular weight is 483 g/mol. The topological polar surface area (TPSA) is 48.8 Å². The zero-order chi connectivity index (χ0) is 22.0. The van der Waals surface area contributed by atoms with Gasteiger partial charge in [0.25, 0.3) is 17.5 Å². The maximum Gasteiger partial charge on any atom is 0.254 e. The molecule has 0 radical (unpaired) electrons. The van der Waals surface area contributed by atoms with E-state index in [1.54, 1.807) is 0 Å². The molecule has 0 heterocycles. The predicted octanol–water partition coefficient (Wildman–Crippen LogP) is 4.13. The molecule has 0 fully saturated rings. The van der Waals surface area contributed by atoms with Gasteiger partial charge in [-0.3, -0.25) is 0 Å². The molecular weight excluding hydrogens is 441 g/mol. The van der Waals surface area contributed by atoms with E-state index in [1.807, 2.05) is 0 Å². The number of benzene rings is 1. The third-order valence-electron chi connectivity index (χ3n) is 3.31. The van der Waals surface area contributed by atoms with Crippen molar-refractivity contribution in [2.45, 2.75) is 78.6 Å². The maximum atomic E-state index is 5.31. The monoisotopic (exact) mass is 482 g/mol. The third-order valence-corrected chi connectivity index (χ3v) is 20.1. The average Bonchev–Trinajstić information content (AvgIpc) is 2.40. The fourth-order valence-electron chi connectivity index (χ4n) is 2.50. The molecule has 10 heteroatoms. The van der Waals surface area contributed by atoms with Gasteiger partial charge in [0, 0.05) is 0 Å². The standard InChI is InChI=1S/C18H42N4Si6/c1-25(2,3)19-23(20-26(4,5)6)17-13-15-18(16-14-17)24(21-27(7,8)9)22-28(10,11)12/h13-16,19,21H,1-12H3. The van der Waals surface area contributed by atoms with Crippen LogP contribution in [0, 0.1) is 0 Å². The van der Waals surface area contributed by atoms with Crippen molar-refractivity contribution in [3.8, 4) is 0 Å². The molecule has 4 nitrogen and oxygen atoms in total. The Morgan fingerprint density at radius 3 is 0.964 bits per heavy atom. The first-order chi connectivity index (χ1) is 12.3. The highest BCUT2D eigenvalue weighted by atomic mass is 28.4. The Kier molecular flexibility index (Phi) is 8.51. The number of nitrogens with one attached hydrogen (secondary N) is 2. The molecule has 0 saturated carbocycles. The van der Waals surface area contributed by atoms with Gasteiger partial charge in [-0.2, -0.15) is 0 Å². The van der Waals surface area contributed by atoms with Crippen molar-refractivity contribution in [3.05, 3.63) is 24.3 Å². The fourth-order valence-corrected chi connectivity index (χ4v) is 18.2. The summed E-state index contributed by atoms with van der Waals surface area (Å²) in [6, 6.07) is 9.32. The van der Waals surface area contributed by atoms with E-state index >= 15 is 0 Å². The molecule has 0 saturated heterocycles. The van der Waals surface area contributed by atoms with E-state index in [4.69, 9.17) is 8.60 Å². The van der Waals surface area contributed by atoms with Crippen LogP contribution in [-0.4, -0.2) is 50.4 Å².